The number of aromatic amines is 1. The smallest absolute Gasteiger partial charge is 0.247 e. The molecular weight excluding hydrogens is 290 g/mol. The minimum Gasteiger partial charge on any atom is -0.345 e. The van der Waals surface area contributed by atoms with Crippen LogP contribution in [-0.4, -0.2) is 25.4 Å². The third kappa shape index (κ3) is 2.24. The summed E-state index contributed by atoms with van der Waals surface area (Å²) in [4.78, 5) is 24.2. The van der Waals surface area contributed by atoms with Crippen molar-refractivity contribution in [1.82, 2.24) is 19.5 Å². The number of H-pyrrole nitrogens is 1. The van der Waals surface area contributed by atoms with Crippen LogP contribution >= 0.6 is 0 Å². The molecule has 2 heterocycles. The Kier molecular flexibility index (Phi) is 3.08. The Balaban J connectivity index is 1.65. The monoisotopic (exact) mass is 305 g/mol. The van der Waals surface area contributed by atoms with Crippen LogP contribution in [-0.2, 0) is 4.79 Å². The molecule has 0 saturated heterocycles. The summed E-state index contributed by atoms with van der Waals surface area (Å²) in [5.41, 5.74) is 4.16. The fourth-order valence-corrected chi connectivity index (χ4v) is 2.72. The lowest BCUT2D eigenvalue weighted by Crippen LogP contribution is -2.23. The fraction of sp³-hybridized carbons (Fsp3) is 0.118. The summed E-state index contributed by atoms with van der Waals surface area (Å²) in [5, 5.41) is 2.95. The first-order valence-corrected chi connectivity index (χ1v) is 7.38. The standard InChI is InChI=1S/C17H15N5O/c1-11(22-10-20-12-5-2-3-8-15(12)22)17(23)21-14-7-4-6-13-16(14)19-9-18-13/h2-11H,1H3,(H,18,19)(H,21,23). The number of hydrogen-bond acceptors (Lipinski definition) is 3. The van der Waals surface area contributed by atoms with Gasteiger partial charge >= 0.3 is 0 Å². The van der Waals surface area contributed by atoms with Gasteiger partial charge in [-0.2, -0.15) is 0 Å². The summed E-state index contributed by atoms with van der Waals surface area (Å²) in [6, 6.07) is 13.0. The van der Waals surface area contributed by atoms with Crippen LogP contribution < -0.4 is 5.32 Å². The van der Waals surface area contributed by atoms with Crippen LogP contribution in [0.3, 0.4) is 0 Å². The van der Waals surface area contributed by atoms with Gasteiger partial charge in [-0.1, -0.05) is 18.2 Å². The minimum absolute atomic E-state index is 0.108. The zero-order chi connectivity index (χ0) is 15.8. The van der Waals surface area contributed by atoms with Gasteiger partial charge in [-0.25, -0.2) is 9.97 Å². The molecule has 6 nitrogen and oxygen atoms in total. The van der Waals surface area contributed by atoms with Crippen molar-refractivity contribution in [3.8, 4) is 0 Å². The van der Waals surface area contributed by atoms with E-state index in [0.717, 1.165) is 22.1 Å². The van der Waals surface area contributed by atoms with E-state index in [1.807, 2.05) is 54.0 Å². The Morgan fingerprint density at radius 3 is 2.96 bits per heavy atom. The number of para-hydroxylation sites is 3. The molecule has 4 rings (SSSR count). The number of aromatic nitrogens is 4. The summed E-state index contributed by atoms with van der Waals surface area (Å²) in [6.07, 6.45) is 3.32. The van der Waals surface area contributed by atoms with Gasteiger partial charge in [0, 0.05) is 0 Å². The third-order valence-electron chi connectivity index (χ3n) is 3.99. The van der Waals surface area contributed by atoms with E-state index in [9.17, 15) is 4.79 Å². The molecule has 0 aliphatic rings. The van der Waals surface area contributed by atoms with Gasteiger partial charge in [0.25, 0.3) is 0 Å². The largest absolute Gasteiger partial charge is 0.345 e. The van der Waals surface area contributed by atoms with E-state index in [1.54, 1.807) is 12.7 Å². The second kappa shape index (κ2) is 5.24. The SMILES string of the molecule is CC(C(=O)Nc1cccc2[nH]cnc12)n1cnc2ccccc21. The van der Waals surface area contributed by atoms with Crippen LogP contribution in [0.1, 0.15) is 13.0 Å². The molecule has 0 saturated carbocycles. The van der Waals surface area contributed by atoms with Gasteiger partial charge in [0.05, 0.1) is 34.9 Å². The van der Waals surface area contributed by atoms with E-state index < -0.39 is 0 Å². The molecular formula is C17H15N5O. The number of carbonyl (C=O) groups is 1. The molecule has 1 atom stereocenters. The first-order chi connectivity index (χ1) is 11.2. The maximum Gasteiger partial charge on any atom is 0.247 e. The molecule has 0 radical (unpaired) electrons. The van der Waals surface area contributed by atoms with Gasteiger partial charge in [0.1, 0.15) is 11.6 Å². The van der Waals surface area contributed by atoms with Gasteiger partial charge < -0.3 is 14.9 Å². The zero-order valence-electron chi connectivity index (χ0n) is 12.5. The Hall–Kier alpha value is -3.15. The highest BCUT2D eigenvalue weighted by Crippen LogP contribution is 2.22. The van der Waals surface area contributed by atoms with E-state index in [1.165, 1.54) is 0 Å². The summed E-state index contributed by atoms with van der Waals surface area (Å²) >= 11 is 0. The normalized spacial score (nSPS) is 12.6. The van der Waals surface area contributed by atoms with Gasteiger partial charge in [-0.05, 0) is 31.2 Å². The average molecular weight is 305 g/mol. The second-order valence-corrected chi connectivity index (χ2v) is 5.41. The maximum atomic E-state index is 12.6. The maximum absolute atomic E-state index is 12.6. The molecule has 4 aromatic rings. The molecule has 0 aliphatic heterocycles. The van der Waals surface area contributed by atoms with Crippen molar-refractivity contribution in [2.45, 2.75) is 13.0 Å². The summed E-state index contributed by atoms with van der Waals surface area (Å²) in [7, 11) is 0. The van der Waals surface area contributed by atoms with Crippen molar-refractivity contribution in [3.05, 3.63) is 55.1 Å². The van der Waals surface area contributed by atoms with Crippen LogP contribution in [0.25, 0.3) is 22.1 Å². The van der Waals surface area contributed by atoms with Gasteiger partial charge in [0.2, 0.25) is 5.91 Å². The number of carbonyl (C=O) groups excluding carboxylic acids is 1. The number of nitrogens with zero attached hydrogens (tertiary/aromatic N) is 3. The predicted octanol–water partition coefficient (Wildman–Crippen LogP) is 3.11. The van der Waals surface area contributed by atoms with Crippen LogP contribution in [0.5, 0.6) is 0 Å². The van der Waals surface area contributed by atoms with Gasteiger partial charge in [-0.15, -0.1) is 0 Å². The predicted molar refractivity (Wildman–Crippen MR) is 89.2 cm³/mol. The highest BCUT2D eigenvalue weighted by Gasteiger charge is 2.18. The number of fused-ring (bicyclic) bond motifs is 2. The van der Waals surface area contributed by atoms with E-state index in [4.69, 9.17) is 0 Å². The van der Waals surface area contributed by atoms with Crippen LogP contribution in [0.2, 0.25) is 0 Å². The summed E-state index contributed by atoms with van der Waals surface area (Å²) < 4.78 is 1.87. The number of rotatable bonds is 3. The average Bonchev–Trinajstić information content (AvgIpc) is 3.21. The molecule has 1 amide bonds. The molecule has 23 heavy (non-hydrogen) atoms. The molecule has 0 spiro atoms. The molecule has 0 bridgehead atoms. The van der Waals surface area contributed by atoms with Crippen LogP contribution in [0, 0.1) is 0 Å². The van der Waals surface area contributed by atoms with E-state index in [2.05, 4.69) is 20.3 Å². The van der Waals surface area contributed by atoms with Gasteiger partial charge in [-0.3, -0.25) is 4.79 Å². The summed E-state index contributed by atoms with van der Waals surface area (Å²) in [5.74, 6) is -0.108. The van der Waals surface area contributed by atoms with Crippen LogP contribution in [0.15, 0.2) is 55.1 Å². The van der Waals surface area contributed by atoms with Crippen LogP contribution in [0.4, 0.5) is 5.69 Å². The van der Waals surface area contributed by atoms with Crippen molar-refractivity contribution < 1.29 is 4.79 Å². The lowest BCUT2D eigenvalue weighted by Gasteiger charge is -2.14. The van der Waals surface area contributed by atoms with Crippen molar-refractivity contribution in [2.75, 3.05) is 5.32 Å². The molecule has 0 aliphatic carbocycles. The second-order valence-electron chi connectivity index (χ2n) is 5.41. The first-order valence-electron chi connectivity index (χ1n) is 7.38. The Morgan fingerprint density at radius 2 is 2.04 bits per heavy atom. The van der Waals surface area contributed by atoms with Gasteiger partial charge in [0.15, 0.2) is 0 Å². The quantitative estimate of drug-likeness (QED) is 0.610. The molecule has 1 unspecified atom stereocenters. The Labute approximate surface area is 132 Å². The summed E-state index contributed by atoms with van der Waals surface area (Å²) in [6.45, 7) is 1.86. The molecule has 114 valence electrons. The third-order valence-corrected chi connectivity index (χ3v) is 3.99. The number of nitrogens with one attached hydrogen (secondary N) is 2. The number of benzene rings is 2. The highest BCUT2D eigenvalue weighted by molar-refractivity contribution is 6.01. The lowest BCUT2D eigenvalue weighted by molar-refractivity contribution is -0.118. The molecule has 2 aromatic carbocycles. The van der Waals surface area contributed by atoms with Crippen molar-refractivity contribution in [2.24, 2.45) is 0 Å². The lowest BCUT2D eigenvalue weighted by atomic mass is 10.2. The number of amides is 1. The molecule has 6 heteroatoms. The Morgan fingerprint density at radius 1 is 1.17 bits per heavy atom. The first kappa shape index (κ1) is 13.5. The molecule has 2 aromatic heterocycles. The number of imidazole rings is 2. The Bertz CT molecular complexity index is 1000. The molecule has 0 fully saturated rings. The van der Waals surface area contributed by atoms with Crippen molar-refractivity contribution in [1.29, 1.82) is 0 Å². The van der Waals surface area contributed by atoms with Crippen molar-refractivity contribution >= 4 is 33.7 Å². The van der Waals surface area contributed by atoms with Crippen molar-refractivity contribution in [3.63, 3.8) is 0 Å². The zero-order valence-corrected chi connectivity index (χ0v) is 12.5. The highest BCUT2D eigenvalue weighted by atomic mass is 16.2. The van der Waals surface area contributed by atoms with E-state index >= 15 is 0 Å². The van der Waals surface area contributed by atoms with E-state index in [0.29, 0.717) is 5.69 Å². The topological polar surface area (TPSA) is 75.6 Å². The fourth-order valence-electron chi connectivity index (χ4n) is 2.72. The number of anilines is 1. The van der Waals surface area contributed by atoms with E-state index in [-0.39, 0.29) is 11.9 Å². The number of hydrogen-bond donors (Lipinski definition) is 2. The minimum atomic E-state index is -0.378. The molecule has 2 N–H and O–H groups in total.